The molecule has 11 heteroatoms. The molecule has 1 amide bonds. The van der Waals surface area contributed by atoms with Crippen LogP contribution in [0.3, 0.4) is 0 Å². The standard InChI is InChI=1S/C78H149NO10/c1-3-5-7-9-11-13-14-15-16-36-40-43-46-50-54-58-62-66-74(83)87-67-63-59-55-51-47-44-41-38-35-33-31-29-27-25-23-21-19-17-18-20-22-24-26-28-30-32-34-37-39-42-45-49-53-57-61-65-73(82)79-70(71(81)64-60-56-52-48-12-10-8-6-4-2)69-88-78-77(86)76(85)75(84)72(68-80)89-78/h15-16,60,64,70-72,75-78,80-81,84-86H,3-14,17-59,61-63,65-69H2,1-2H3,(H,79,82)/b16-15-,64-60+. The molecular formula is C78H149NO10. The molecule has 0 aliphatic carbocycles. The van der Waals surface area contributed by atoms with Crippen LogP contribution in [0.1, 0.15) is 399 Å². The zero-order valence-electron chi connectivity index (χ0n) is 58.7. The van der Waals surface area contributed by atoms with Crippen molar-refractivity contribution < 1.29 is 49.3 Å². The minimum absolute atomic E-state index is 0.0133. The molecule has 1 aliphatic heterocycles. The fourth-order valence-electron chi connectivity index (χ4n) is 12.7. The second kappa shape index (κ2) is 67.6. The predicted molar refractivity (Wildman–Crippen MR) is 375 cm³/mol. The number of carbonyl (C=O) groups is 2. The SMILES string of the molecule is CCCCCCCC/C=C\CCCCCCCCCC(=O)OCCCCCCCCCCCCCCCCCCCCCCCCCCCCCCCCCCCCCC(=O)NC(COC1OC(CO)C(O)C(O)C1O)C(O)/C=C/CCCCCCCCC. The van der Waals surface area contributed by atoms with E-state index in [1.54, 1.807) is 6.08 Å². The Morgan fingerprint density at radius 3 is 1.08 bits per heavy atom. The third kappa shape index (κ3) is 56.2. The molecule has 89 heavy (non-hydrogen) atoms. The Labute approximate surface area is 550 Å². The molecule has 1 heterocycles. The van der Waals surface area contributed by atoms with E-state index in [2.05, 4.69) is 31.3 Å². The van der Waals surface area contributed by atoms with Crippen LogP contribution in [0, 0.1) is 0 Å². The van der Waals surface area contributed by atoms with E-state index in [-0.39, 0.29) is 18.5 Å². The minimum atomic E-state index is -1.57. The lowest BCUT2D eigenvalue weighted by atomic mass is 9.99. The number of ether oxygens (including phenoxy) is 3. The van der Waals surface area contributed by atoms with Crippen molar-refractivity contribution in [2.45, 2.75) is 442 Å². The van der Waals surface area contributed by atoms with Crippen molar-refractivity contribution in [3.05, 3.63) is 24.3 Å². The number of hydrogen-bond donors (Lipinski definition) is 6. The van der Waals surface area contributed by atoms with Crippen LogP contribution >= 0.6 is 0 Å². The summed E-state index contributed by atoms with van der Waals surface area (Å²) in [4.78, 5) is 25.1. The fraction of sp³-hybridized carbons (Fsp3) is 0.923. The summed E-state index contributed by atoms with van der Waals surface area (Å²) in [5.41, 5.74) is 0. The molecule has 7 unspecified atom stereocenters. The van der Waals surface area contributed by atoms with Gasteiger partial charge in [-0.3, -0.25) is 9.59 Å². The topological polar surface area (TPSA) is 175 Å². The van der Waals surface area contributed by atoms with Crippen molar-refractivity contribution in [1.29, 1.82) is 0 Å². The quantitative estimate of drug-likeness (QED) is 0.0195. The van der Waals surface area contributed by atoms with E-state index in [0.29, 0.717) is 19.4 Å². The average Bonchev–Trinajstić information content (AvgIpc) is 1.92. The smallest absolute Gasteiger partial charge is 0.305 e. The van der Waals surface area contributed by atoms with Gasteiger partial charge in [-0.05, 0) is 57.8 Å². The van der Waals surface area contributed by atoms with Crippen LogP contribution < -0.4 is 5.32 Å². The molecule has 0 saturated carbocycles. The number of nitrogens with one attached hydrogen (secondary N) is 1. The molecule has 11 nitrogen and oxygen atoms in total. The zero-order chi connectivity index (χ0) is 64.4. The highest BCUT2D eigenvalue weighted by Crippen LogP contribution is 2.24. The van der Waals surface area contributed by atoms with Crippen LogP contribution in [0.15, 0.2) is 24.3 Å². The van der Waals surface area contributed by atoms with Gasteiger partial charge < -0.3 is 45.1 Å². The van der Waals surface area contributed by atoms with Gasteiger partial charge in [-0.25, -0.2) is 0 Å². The summed E-state index contributed by atoms with van der Waals surface area (Å²) < 4.78 is 16.7. The number of amides is 1. The molecule has 0 radical (unpaired) electrons. The van der Waals surface area contributed by atoms with Crippen molar-refractivity contribution in [1.82, 2.24) is 5.32 Å². The molecule has 1 rings (SSSR count). The first-order valence-electron chi connectivity index (χ1n) is 39.1. The Kier molecular flexibility index (Phi) is 64.6. The number of unbranched alkanes of at least 4 members (excludes halogenated alkanes) is 54. The van der Waals surface area contributed by atoms with E-state index in [1.165, 1.54) is 315 Å². The highest BCUT2D eigenvalue weighted by atomic mass is 16.7. The van der Waals surface area contributed by atoms with Gasteiger partial charge >= 0.3 is 5.97 Å². The van der Waals surface area contributed by atoms with Gasteiger partial charge in [-0.15, -0.1) is 0 Å². The lowest BCUT2D eigenvalue weighted by Gasteiger charge is -2.40. The third-order valence-electron chi connectivity index (χ3n) is 18.8. The minimum Gasteiger partial charge on any atom is -0.466 e. The lowest BCUT2D eigenvalue weighted by Crippen LogP contribution is -2.60. The summed E-state index contributed by atoms with van der Waals surface area (Å²) >= 11 is 0. The summed E-state index contributed by atoms with van der Waals surface area (Å²) in [7, 11) is 0. The van der Waals surface area contributed by atoms with Gasteiger partial charge in [0.05, 0.1) is 32.0 Å². The number of hydrogen-bond acceptors (Lipinski definition) is 10. The van der Waals surface area contributed by atoms with Gasteiger partial charge in [0, 0.05) is 12.8 Å². The van der Waals surface area contributed by atoms with Crippen molar-refractivity contribution in [3.8, 4) is 0 Å². The van der Waals surface area contributed by atoms with E-state index in [1.807, 2.05) is 6.08 Å². The molecular weight excluding hydrogens is 1110 g/mol. The zero-order valence-corrected chi connectivity index (χ0v) is 58.7. The maximum Gasteiger partial charge on any atom is 0.305 e. The van der Waals surface area contributed by atoms with Gasteiger partial charge in [0.2, 0.25) is 5.91 Å². The Balaban J connectivity index is 1.84. The monoisotopic (exact) mass is 1260 g/mol. The molecule has 0 aromatic rings. The average molecular weight is 1260 g/mol. The second-order valence-electron chi connectivity index (χ2n) is 27.4. The van der Waals surface area contributed by atoms with Gasteiger partial charge in [-0.1, -0.05) is 353 Å². The molecule has 7 atom stereocenters. The lowest BCUT2D eigenvalue weighted by molar-refractivity contribution is -0.302. The summed E-state index contributed by atoms with van der Waals surface area (Å²) in [6.07, 6.45) is 76.5. The Hall–Kier alpha value is -1.86. The second-order valence-corrected chi connectivity index (χ2v) is 27.4. The first-order chi connectivity index (χ1) is 43.7. The summed E-state index contributed by atoms with van der Waals surface area (Å²) in [6.45, 7) is 4.36. The van der Waals surface area contributed by atoms with Gasteiger partial charge in [-0.2, -0.15) is 0 Å². The predicted octanol–water partition coefficient (Wildman–Crippen LogP) is 20.8. The molecule has 0 bridgehead atoms. The van der Waals surface area contributed by atoms with E-state index >= 15 is 0 Å². The first kappa shape index (κ1) is 85.2. The number of carbonyl (C=O) groups excluding carboxylic acids is 2. The van der Waals surface area contributed by atoms with Crippen LogP contribution in [0.2, 0.25) is 0 Å². The van der Waals surface area contributed by atoms with E-state index in [4.69, 9.17) is 14.2 Å². The maximum absolute atomic E-state index is 13.0. The first-order valence-corrected chi connectivity index (χ1v) is 39.1. The summed E-state index contributed by atoms with van der Waals surface area (Å²) in [6, 6.07) is -0.804. The molecule has 0 spiro atoms. The van der Waals surface area contributed by atoms with Crippen molar-refractivity contribution in [2.75, 3.05) is 19.8 Å². The molecule has 1 fully saturated rings. The van der Waals surface area contributed by atoms with Crippen LogP contribution in [0.5, 0.6) is 0 Å². The normalized spacial score (nSPS) is 17.8. The van der Waals surface area contributed by atoms with Crippen molar-refractivity contribution in [2.24, 2.45) is 0 Å². The van der Waals surface area contributed by atoms with Crippen LogP contribution in [0.4, 0.5) is 0 Å². The summed E-state index contributed by atoms with van der Waals surface area (Å²) in [5.74, 6) is -0.163. The molecule has 526 valence electrons. The van der Waals surface area contributed by atoms with Gasteiger partial charge in [0.15, 0.2) is 6.29 Å². The van der Waals surface area contributed by atoms with E-state index in [0.717, 1.165) is 57.8 Å². The number of aliphatic hydroxyl groups excluding tert-OH is 5. The highest BCUT2D eigenvalue weighted by molar-refractivity contribution is 5.76. The Morgan fingerprint density at radius 1 is 0.404 bits per heavy atom. The molecule has 0 aromatic carbocycles. The van der Waals surface area contributed by atoms with E-state index < -0.39 is 49.5 Å². The van der Waals surface area contributed by atoms with Gasteiger partial charge in [0.1, 0.15) is 24.4 Å². The van der Waals surface area contributed by atoms with E-state index in [9.17, 15) is 35.1 Å². The molecule has 1 saturated heterocycles. The summed E-state index contributed by atoms with van der Waals surface area (Å²) in [5, 5.41) is 54.3. The Morgan fingerprint density at radius 2 is 0.719 bits per heavy atom. The number of allylic oxidation sites excluding steroid dienone is 3. The fourth-order valence-corrected chi connectivity index (χ4v) is 12.7. The van der Waals surface area contributed by atoms with Crippen LogP contribution in [-0.2, 0) is 23.8 Å². The number of esters is 1. The third-order valence-corrected chi connectivity index (χ3v) is 18.8. The number of aliphatic hydroxyl groups is 5. The highest BCUT2D eigenvalue weighted by Gasteiger charge is 2.44. The largest absolute Gasteiger partial charge is 0.466 e. The molecule has 6 N–H and O–H groups in total. The molecule has 1 aliphatic rings. The van der Waals surface area contributed by atoms with Crippen molar-refractivity contribution in [3.63, 3.8) is 0 Å². The van der Waals surface area contributed by atoms with Crippen LogP contribution in [-0.4, -0.2) is 100 Å². The van der Waals surface area contributed by atoms with Crippen LogP contribution in [0.25, 0.3) is 0 Å². The Bertz CT molecular complexity index is 1530. The molecule has 0 aromatic heterocycles. The van der Waals surface area contributed by atoms with Crippen molar-refractivity contribution >= 4 is 11.9 Å². The number of rotatable bonds is 70. The van der Waals surface area contributed by atoms with Gasteiger partial charge in [0.25, 0.3) is 0 Å². The maximum atomic E-state index is 13.0.